The van der Waals surface area contributed by atoms with E-state index in [0.29, 0.717) is 5.41 Å². The van der Waals surface area contributed by atoms with E-state index in [9.17, 15) is 4.57 Å². The first-order chi connectivity index (χ1) is 12.2. The first kappa shape index (κ1) is 15.9. The van der Waals surface area contributed by atoms with Gasteiger partial charge in [0.25, 0.3) is 0 Å². The highest BCUT2D eigenvalue weighted by molar-refractivity contribution is 7.78. The second-order valence-corrected chi connectivity index (χ2v) is 11.8. The molecule has 2 heteroatoms. The molecule has 25 heavy (non-hydrogen) atoms. The minimum absolute atomic E-state index is 0.329. The van der Waals surface area contributed by atoms with Crippen LogP contribution in [0.25, 0.3) is 0 Å². The Morgan fingerprint density at radius 3 is 1.52 bits per heavy atom. The van der Waals surface area contributed by atoms with Gasteiger partial charge >= 0.3 is 0 Å². The Kier molecular flexibility index (Phi) is 3.72. The Labute approximate surface area is 151 Å². The molecule has 0 N–H and O–H groups in total. The normalized spacial score (nSPS) is 33.5. The van der Waals surface area contributed by atoms with Crippen LogP contribution < -0.4 is 10.6 Å². The van der Waals surface area contributed by atoms with Gasteiger partial charge in [-0.15, -0.1) is 0 Å². The van der Waals surface area contributed by atoms with Crippen LogP contribution in [0.1, 0.15) is 38.5 Å². The summed E-state index contributed by atoms with van der Waals surface area (Å²) < 4.78 is 14.5. The van der Waals surface area contributed by atoms with E-state index < -0.39 is 7.14 Å². The van der Waals surface area contributed by atoms with Crippen molar-refractivity contribution in [2.75, 3.05) is 6.16 Å². The molecule has 0 aliphatic heterocycles. The molecular formula is C23H27OP. The van der Waals surface area contributed by atoms with Crippen LogP contribution in [-0.4, -0.2) is 6.16 Å². The van der Waals surface area contributed by atoms with Crippen molar-refractivity contribution in [3.63, 3.8) is 0 Å². The molecule has 4 bridgehead atoms. The van der Waals surface area contributed by atoms with Gasteiger partial charge in [-0.05, 0) is 61.7 Å². The molecule has 4 aliphatic carbocycles. The number of rotatable bonds is 4. The van der Waals surface area contributed by atoms with Crippen molar-refractivity contribution in [2.45, 2.75) is 38.5 Å². The summed E-state index contributed by atoms with van der Waals surface area (Å²) >= 11 is 0. The summed E-state index contributed by atoms with van der Waals surface area (Å²) in [7, 11) is -2.57. The molecule has 0 heterocycles. The van der Waals surface area contributed by atoms with Crippen LogP contribution in [0.4, 0.5) is 0 Å². The molecule has 0 unspecified atom stereocenters. The van der Waals surface area contributed by atoms with Gasteiger partial charge in [0.05, 0.1) is 0 Å². The van der Waals surface area contributed by atoms with Crippen LogP contribution in [-0.2, 0) is 4.57 Å². The van der Waals surface area contributed by atoms with Gasteiger partial charge in [0.15, 0.2) is 0 Å². The fourth-order valence-corrected chi connectivity index (χ4v) is 9.93. The Bertz CT molecular complexity index is 717. The SMILES string of the molecule is O=P(CC12CC3CC(CC(C3)C1)C2)(c1ccccc1)c1ccccc1. The largest absolute Gasteiger partial charge is 0.314 e. The lowest BCUT2D eigenvalue weighted by Gasteiger charge is -2.57. The van der Waals surface area contributed by atoms with E-state index in [1.165, 1.54) is 38.5 Å². The molecule has 0 spiro atoms. The highest BCUT2D eigenvalue weighted by Crippen LogP contribution is 2.64. The van der Waals surface area contributed by atoms with E-state index >= 15 is 0 Å². The Morgan fingerprint density at radius 2 is 1.12 bits per heavy atom. The topological polar surface area (TPSA) is 17.1 Å². The van der Waals surface area contributed by atoms with Crippen LogP contribution in [0.2, 0.25) is 0 Å². The summed E-state index contributed by atoms with van der Waals surface area (Å²) in [6.07, 6.45) is 9.19. The van der Waals surface area contributed by atoms with Crippen LogP contribution >= 0.6 is 7.14 Å². The van der Waals surface area contributed by atoms with Crippen molar-refractivity contribution in [2.24, 2.45) is 23.2 Å². The van der Waals surface area contributed by atoms with Crippen LogP contribution in [0.5, 0.6) is 0 Å². The molecular weight excluding hydrogens is 323 g/mol. The summed E-state index contributed by atoms with van der Waals surface area (Å²) in [5.41, 5.74) is 0.329. The maximum atomic E-state index is 14.5. The Hall–Kier alpha value is -1.33. The molecule has 4 saturated carbocycles. The van der Waals surface area contributed by atoms with E-state index in [1.54, 1.807) is 0 Å². The summed E-state index contributed by atoms with van der Waals surface area (Å²) in [6, 6.07) is 20.6. The van der Waals surface area contributed by atoms with Crippen molar-refractivity contribution in [3.05, 3.63) is 60.7 Å². The molecule has 0 atom stereocenters. The Balaban J connectivity index is 1.57. The second-order valence-electron chi connectivity index (χ2n) is 8.99. The van der Waals surface area contributed by atoms with Gasteiger partial charge < -0.3 is 4.57 Å². The summed E-state index contributed by atoms with van der Waals surface area (Å²) in [5.74, 6) is 2.73. The lowest BCUT2D eigenvalue weighted by molar-refractivity contribution is -0.0390. The van der Waals surface area contributed by atoms with Crippen molar-refractivity contribution in [1.82, 2.24) is 0 Å². The Morgan fingerprint density at radius 1 is 0.720 bits per heavy atom. The number of hydrogen-bond acceptors (Lipinski definition) is 1. The van der Waals surface area contributed by atoms with Gasteiger partial charge in [0, 0.05) is 16.8 Å². The molecule has 6 rings (SSSR count). The average Bonchev–Trinajstić information content (AvgIpc) is 2.61. The van der Waals surface area contributed by atoms with E-state index in [2.05, 4.69) is 24.3 Å². The van der Waals surface area contributed by atoms with Crippen LogP contribution in [0.15, 0.2) is 60.7 Å². The maximum Gasteiger partial charge on any atom is 0.143 e. The zero-order chi connectivity index (χ0) is 16.9. The van der Waals surface area contributed by atoms with Gasteiger partial charge in [0.1, 0.15) is 7.14 Å². The third-order valence-electron chi connectivity index (χ3n) is 7.07. The monoisotopic (exact) mass is 350 g/mol. The van der Waals surface area contributed by atoms with E-state index in [4.69, 9.17) is 0 Å². The molecule has 0 amide bonds. The number of benzene rings is 2. The lowest BCUT2D eigenvalue weighted by Crippen LogP contribution is -2.48. The van der Waals surface area contributed by atoms with E-state index in [0.717, 1.165) is 34.5 Å². The lowest BCUT2D eigenvalue weighted by atomic mass is 9.50. The first-order valence-electron chi connectivity index (χ1n) is 9.86. The van der Waals surface area contributed by atoms with E-state index in [1.807, 2.05) is 36.4 Å². The quantitative estimate of drug-likeness (QED) is 0.691. The highest BCUT2D eigenvalue weighted by Gasteiger charge is 2.53. The zero-order valence-electron chi connectivity index (χ0n) is 14.8. The smallest absolute Gasteiger partial charge is 0.143 e. The fourth-order valence-electron chi connectivity index (χ4n) is 6.63. The molecule has 130 valence electrons. The van der Waals surface area contributed by atoms with Crippen molar-refractivity contribution in [3.8, 4) is 0 Å². The van der Waals surface area contributed by atoms with Crippen LogP contribution in [0.3, 0.4) is 0 Å². The molecule has 2 aromatic rings. The van der Waals surface area contributed by atoms with Crippen molar-refractivity contribution in [1.29, 1.82) is 0 Å². The molecule has 1 nitrogen and oxygen atoms in total. The molecule has 0 aromatic heterocycles. The van der Waals surface area contributed by atoms with Gasteiger partial charge in [-0.1, -0.05) is 60.7 Å². The highest BCUT2D eigenvalue weighted by atomic mass is 31.2. The van der Waals surface area contributed by atoms with Gasteiger partial charge in [0.2, 0.25) is 0 Å². The standard InChI is InChI=1S/C23H27OP/c24-25(21-7-3-1-4-8-21,22-9-5-2-6-10-22)17-23-14-18-11-19(15-23)13-20(12-18)16-23/h1-10,18-20H,11-17H2. The van der Waals surface area contributed by atoms with Crippen molar-refractivity contribution >= 4 is 17.8 Å². The molecule has 4 fully saturated rings. The molecule has 0 saturated heterocycles. The van der Waals surface area contributed by atoms with Crippen LogP contribution in [0, 0.1) is 23.2 Å². The second kappa shape index (κ2) is 5.85. The van der Waals surface area contributed by atoms with E-state index in [-0.39, 0.29) is 0 Å². The third kappa shape index (κ3) is 2.72. The van der Waals surface area contributed by atoms with Gasteiger partial charge in [-0.3, -0.25) is 0 Å². The van der Waals surface area contributed by atoms with Crippen molar-refractivity contribution < 1.29 is 4.57 Å². The van der Waals surface area contributed by atoms with Gasteiger partial charge in [-0.25, -0.2) is 0 Å². The predicted molar refractivity (Wildman–Crippen MR) is 105 cm³/mol. The molecule has 2 aromatic carbocycles. The minimum Gasteiger partial charge on any atom is -0.314 e. The number of hydrogen-bond donors (Lipinski definition) is 0. The third-order valence-corrected chi connectivity index (χ3v) is 10.5. The summed E-state index contributed by atoms with van der Waals surface area (Å²) in [5, 5.41) is 2.11. The first-order valence-corrected chi connectivity index (χ1v) is 11.7. The maximum absolute atomic E-state index is 14.5. The zero-order valence-corrected chi connectivity index (χ0v) is 15.7. The minimum atomic E-state index is -2.57. The fraction of sp³-hybridized carbons (Fsp3) is 0.478. The molecule has 0 radical (unpaired) electrons. The predicted octanol–water partition coefficient (Wildman–Crippen LogP) is 5.22. The van der Waals surface area contributed by atoms with Gasteiger partial charge in [-0.2, -0.15) is 0 Å². The average molecular weight is 350 g/mol. The molecule has 4 aliphatic rings. The summed E-state index contributed by atoms with van der Waals surface area (Å²) in [4.78, 5) is 0. The summed E-state index contributed by atoms with van der Waals surface area (Å²) in [6.45, 7) is 0.